The molecule has 0 radical (unpaired) electrons. The lowest BCUT2D eigenvalue weighted by atomic mass is 10.2. The van der Waals surface area contributed by atoms with E-state index in [9.17, 15) is 35.1 Å². The van der Waals surface area contributed by atoms with E-state index >= 15 is 0 Å². The van der Waals surface area contributed by atoms with E-state index in [1.807, 2.05) is 0 Å². The minimum atomic E-state index is -6.20. The van der Waals surface area contributed by atoms with Crippen LogP contribution in [0.15, 0.2) is 0 Å². The molecule has 0 fully saturated rings. The van der Waals surface area contributed by atoms with Gasteiger partial charge < -0.3 is 0 Å². The van der Waals surface area contributed by atoms with Gasteiger partial charge in [-0.2, -0.15) is 30.7 Å². The molecule has 0 aromatic carbocycles. The van der Waals surface area contributed by atoms with Gasteiger partial charge in [-0.3, -0.25) is 4.39 Å². The van der Waals surface area contributed by atoms with Crippen LogP contribution in [0.2, 0.25) is 0 Å². The van der Waals surface area contributed by atoms with Gasteiger partial charge in [0.1, 0.15) is 0 Å². The van der Waals surface area contributed by atoms with Crippen LogP contribution in [0, 0.1) is 0 Å². The first-order valence-electron chi connectivity index (χ1n) is 2.70. The van der Waals surface area contributed by atoms with E-state index < -0.39 is 24.9 Å². The molecule has 0 atom stereocenters. The van der Waals surface area contributed by atoms with Gasteiger partial charge in [-0.25, -0.2) is 0 Å². The minimum Gasteiger partial charge on any atom is -0.255 e. The lowest BCUT2D eigenvalue weighted by Crippen LogP contribution is -2.50. The molecule has 0 nitrogen and oxygen atoms in total. The molecule has 8 heteroatoms. The third kappa shape index (κ3) is 3.35. The van der Waals surface area contributed by atoms with Crippen LogP contribution in [-0.4, -0.2) is 25.2 Å². The highest BCUT2D eigenvalue weighted by Crippen LogP contribution is 2.45. The molecule has 0 N–H and O–H groups in total. The van der Waals surface area contributed by atoms with Gasteiger partial charge in [-0.05, 0) is 0 Å². The highest BCUT2D eigenvalue weighted by molar-refractivity contribution is 4.87. The normalized spacial score (nSPS) is 13.4. The van der Waals surface area contributed by atoms with E-state index in [-0.39, 0.29) is 0 Å². The zero-order chi connectivity index (χ0) is 11.5. The summed E-state index contributed by atoms with van der Waals surface area (Å²) in [5, 5.41) is 0. The molecule has 0 amide bonds. The Balaban J connectivity index is 0. The molecule has 0 aromatic heterocycles. The van der Waals surface area contributed by atoms with Gasteiger partial charge in [-0.1, -0.05) is 0 Å². The van der Waals surface area contributed by atoms with Crippen LogP contribution >= 0.6 is 0 Å². The Morgan fingerprint density at radius 3 is 0.923 bits per heavy atom. The first-order valence-corrected chi connectivity index (χ1v) is 2.70. The molecule has 0 aliphatic rings. The second-order valence-corrected chi connectivity index (χ2v) is 1.96. The maximum atomic E-state index is 11.6. The molecule has 0 aromatic rings. The van der Waals surface area contributed by atoms with Crippen LogP contribution in [0.4, 0.5) is 35.1 Å². The third-order valence-corrected chi connectivity index (χ3v) is 0.907. The van der Waals surface area contributed by atoms with Gasteiger partial charge >= 0.3 is 18.0 Å². The SMILES string of the molecule is CC(F)(F)C(F)(F)C(F)(F)F.CF. The largest absolute Gasteiger partial charge is 0.459 e. The predicted molar refractivity (Wildman–Crippen MR) is 28.7 cm³/mol. The number of rotatable bonds is 1. The smallest absolute Gasteiger partial charge is 0.255 e. The fourth-order valence-corrected chi connectivity index (χ4v) is 0.249. The lowest BCUT2D eigenvalue weighted by molar-refractivity contribution is -0.349. The van der Waals surface area contributed by atoms with E-state index in [2.05, 4.69) is 0 Å². The molecule has 0 spiro atoms. The first kappa shape index (κ1) is 14.9. The molecule has 13 heavy (non-hydrogen) atoms. The Bertz CT molecular complexity index is 124. The van der Waals surface area contributed by atoms with Crippen molar-refractivity contribution in [3.63, 3.8) is 0 Å². The Morgan fingerprint density at radius 2 is 0.923 bits per heavy atom. The summed E-state index contributed by atoms with van der Waals surface area (Å²) in [4.78, 5) is 0. The third-order valence-electron chi connectivity index (χ3n) is 0.907. The fourth-order valence-electron chi connectivity index (χ4n) is 0.249. The Hall–Kier alpha value is -0.560. The van der Waals surface area contributed by atoms with Crippen LogP contribution in [-0.2, 0) is 0 Å². The van der Waals surface area contributed by atoms with Crippen LogP contribution < -0.4 is 0 Å². The monoisotopic (exact) mass is 218 g/mol. The summed E-state index contributed by atoms with van der Waals surface area (Å²) in [7, 11) is 0.500. The topological polar surface area (TPSA) is 0 Å². The highest BCUT2D eigenvalue weighted by Gasteiger charge is 2.70. The number of halogens is 8. The van der Waals surface area contributed by atoms with Crippen molar-refractivity contribution in [1.82, 2.24) is 0 Å². The Kier molecular flexibility index (Phi) is 4.71. The van der Waals surface area contributed by atoms with Crippen molar-refractivity contribution in [2.24, 2.45) is 0 Å². The zero-order valence-electron chi connectivity index (χ0n) is 6.52. The molecular formula is C5H6F8. The summed E-state index contributed by atoms with van der Waals surface area (Å²) < 4.78 is 89.0. The van der Waals surface area contributed by atoms with E-state index in [1.165, 1.54) is 0 Å². The van der Waals surface area contributed by atoms with Gasteiger partial charge in [0.25, 0.3) is 0 Å². The van der Waals surface area contributed by atoms with E-state index in [0.717, 1.165) is 0 Å². The second-order valence-electron chi connectivity index (χ2n) is 1.96. The van der Waals surface area contributed by atoms with Crippen molar-refractivity contribution >= 4 is 0 Å². The summed E-state index contributed by atoms with van der Waals surface area (Å²) in [5.74, 6) is -11.0. The van der Waals surface area contributed by atoms with Gasteiger partial charge in [0.05, 0.1) is 7.18 Å². The van der Waals surface area contributed by atoms with Crippen molar-refractivity contribution in [3.8, 4) is 0 Å². The second kappa shape index (κ2) is 4.10. The van der Waals surface area contributed by atoms with Crippen LogP contribution in [0.25, 0.3) is 0 Å². The molecule has 0 heterocycles. The lowest BCUT2D eigenvalue weighted by Gasteiger charge is -2.24. The average molecular weight is 218 g/mol. The molecule has 0 saturated carbocycles. The molecule has 0 rings (SSSR count). The van der Waals surface area contributed by atoms with Gasteiger partial charge in [0.2, 0.25) is 0 Å². The van der Waals surface area contributed by atoms with Gasteiger partial charge in [0, 0.05) is 6.92 Å². The summed E-state index contributed by atoms with van der Waals surface area (Å²) in [5.41, 5.74) is 0. The van der Waals surface area contributed by atoms with Crippen molar-refractivity contribution in [2.75, 3.05) is 7.18 Å². The maximum Gasteiger partial charge on any atom is 0.459 e. The summed E-state index contributed by atoms with van der Waals surface area (Å²) in [6, 6.07) is 0. The maximum absolute atomic E-state index is 11.6. The first-order chi connectivity index (χ1) is 5.50. The highest BCUT2D eigenvalue weighted by atomic mass is 19.4. The summed E-state index contributed by atoms with van der Waals surface area (Å²) in [6.07, 6.45) is -6.20. The minimum absolute atomic E-state index is 0.486. The van der Waals surface area contributed by atoms with Crippen LogP contribution in [0.5, 0.6) is 0 Å². The Morgan fingerprint density at radius 1 is 0.692 bits per heavy atom. The standard InChI is InChI=1S/C4H3F7.CH3F/c1-2(5,6)3(7,8)4(9,10)11;1-2/h1H3;1H3. The molecule has 0 saturated heterocycles. The van der Waals surface area contributed by atoms with Crippen molar-refractivity contribution < 1.29 is 35.1 Å². The predicted octanol–water partition coefficient (Wildman–Crippen LogP) is 3.42. The Labute approximate surface area is 68.5 Å². The quantitative estimate of drug-likeness (QED) is 0.591. The van der Waals surface area contributed by atoms with Crippen molar-refractivity contribution in [3.05, 3.63) is 0 Å². The van der Waals surface area contributed by atoms with Crippen molar-refractivity contribution in [1.29, 1.82) is 0 Å². The van der Waals surface area contributed by atoms with Crippen molar-refractivity contribution in [2.45, 2.75) is 24.9 Å². The summed E-state index contributed by atoms with van der Waals surface area (Å²) >= 11 is 0. The number of hydrogen-bond acceptors (Lipinski definition) is 0. The zero-order valence-corrected chi connectivity index (χ0v) is 6.52. The van der Waals surface area contributed by atoms with E-state index in [1.54, 1.807) is 0 Å². The molecule has 82 valence electrons. The van der Waals surface area contributed by atoms with Gasteiger partial charge in [-0.15, -0.1) is 0 Å². The van der Waals surface area contributed by atoms with E-state index in [4.69, 9.17) is 0 Å². The summed E-state index contributed by atoms with van der Waals surface area (Å²) in [6.45, 7) is -0.486. The molecule has 0 bridgehead atoms. The van der Waals surface area contributed by atoms with Crippen LogP contribution in [0.1, 0.15) is 6.92 Å². The fraction of sp³-hybridized carbons (Fsp3) is 1.00. The van der Waals surface area contributed by atoms with E-state index in [0.29, 0.717) is 7.18 Å². The molecule has 0 unspecified atom stereocenters. The molecular weight excluding hydrogens is 212 g/mol. The average Bonchev–Trinajstić information content (AvgIpc) is 1.87. The molecule has 0 aliphatic carbocycles. The molecule has 0 aliphatic heterocycles. The number of hydrogen-bond donors (Lipinski definition) is 0. The van der Waals surface area contributed by atoms with Gasteiger partial charge in [0.15, 0.2) is 0 Å². The van der Waals surface area contributed by atoms with Crippen LogP contribution in [0.3, 0.4) is 0 Å². The number of alkyl halides is 8.